The summed E-state index contributed by atoms with van der Waals surface area (Å²) in [4.78, 5) is 4.46. The number of rotatable bonds is 2. The van der Waals surface area contributed by atoms with Gasteiger partial charge in [0.25, 0.3) is 0 Å². The van der Waals surface area contributed by atoms with Gasteiger partial charge in [-0.25, -0.2) is 0 Å². The maximum atomic E-state index is 5.72. The van der Waals surface area contributed by atoms with Gasteiger partial charge in [0.15, 0.2) is 0 Å². The van der Waals surface area contributed by atoms with Gasteiger partial charge in [-0.15, -0.1) is 0 Å². The van der Waals surface area contributed by atoms with E-state index in [9.17, 15) is 0 Å². The smallest absolute Gasteiger partial charge is 0.130 e. The van der Waals surface area contributed by atoms with Crippen LogP contribution in [0.4, 0.5) is 0 Å². The molecule has 2 heterocycles. The minimum absolute atomic E-state index is 0.828. The van der Waals surface area contributed by atoms with E-state index in [1.54, 1.807) is 6.08 Å². The molecule has 0 unspecified atom stereocenters. The van der Waals surface area contributed by atoms with Crippen LogP contribution in [0.2, 0.25) is 0 Å². The summed E-state index contributed by atoms with van der Waals surface area (Å²) >= 11 is 0. The summed E-state index contributed by atoms with van der Waals surface area (Å²) in [7, 11) is 0. The highest BCUT2D eigenvalue weighted by Gasteiger charge is 2.12. The van der Waals surface area contributed by atoms with Crippen molar-refractivity contribution in [3.63, 3.8) is 0 Å². The molecule has 2 heteroatoms. The predicted octanol–water partition coefficient (Wildman–Crippen LogP) is 4.06. The van der Waals surface area contributed by atoms with Crippen LogP contribution >= 0.6 is 0 Å². The Labute approximate surface area is 113 Å². The molecule has 0 radical (unpaired) electrons. The van der Waals surface area contributed by atoms with E-state index in [4.69, 9.17) is 4.74 Å². The molecule has 0 aliphatic carbocycles. The Morgan fingerprint density at radius 3 is 3.00 bits per heavy atom. The van der Waals surface area contributed by atoms with Gasteiger partial charge in [0.05, 0.1) is 5.69 Å². The maximum Gasteiger partial charge on any atom is 0.130 e. The van der Waals surface area contributed by atoms with Crippen LogP contribution in [0.25, 0.3) is 11.3 Å². The zero-order valence-electron chi connectivity index (χ0n) is 10.9. The molecule has 0 saturated carbocycles. The molecule has 19 heavy (non-hydrogen) atoms. The van der Waals surface area contributed by atoms with E-state index in [2.05, 4.69) is 36.7 Å². The van der Waals surface area contributed by atoms with Crippen molar-refractivity contribution in [3.8, 4) is 17.0 Å². The molecule has 0 amide bonds. The fraction of sp³-hybridized carbons (Fsp3) is 0.118. The highest BCUT2D eigenvalue weighted by molar-refractivity contribution is 5.65. The number of hydrogen-bond donors (Lipinski definition) is 0. The minimum atomic E-state index is 0.828. The van der Waals surface area contributed by atoms with Crippen molar-refractivity contribution in [1.29, 1.82) is 0 Å². The first-order valence-electron chi connectivity index (χ1n) is 6.33. The third-order valence-corrected chi connectivity index (χ3v) is 3.30. The lowest BCUT2D eigenvalue weighted by molar-refractivity contribution is 0.428. The number of nitrogens with zero attached hydrogens (tertiary/aromatic N) is 1. The van der Waals surface area contributed by atoms with Crippen LogP contribution in [-0.4, -0.2) is 4.98 Å². The van der Waals surface area contributed by atoms with E-state index in [0.29, 0.717) is 0 Å². The average molecular weight is 249 g/mol. The van der Waals surface area contributed by atoms with Gasteiger partial charge >= 0.3 is 0 Å². The van der Waals surface area contributed by atoms with Crippen LogP contribution in [0, 0.1) is 6.92 Å². The Balaban J connectivity index is 2.02. The van der Waals surface area contributed by atoms with Gasteiger partial charge in [-0.2, -0.15) is 0 Å². The zero-order valence-corrected chi connectivity index (χ0v) is 10.9. The monoisotopic (exact) mass is 249 g/mol. The Kier molecular flexibility index (Phi) is 2.92. The van der Waals surface area contributed by atoms with Crippen molar-refractivity contribution >= 4 is 0 Å². The molecule has 1 aromatic carbocycles. The summed E-state index contributed by atoms with van der Waals surface area (Å²) in [5.74, 6) is 1.74. The molecule has 0 N–H and O–H groups in total. The molecular formula is C17H15NO. The molecule has 1 aliphatic heterocycles. The van der Waals surface area contributed by atoms with Crippen LogP contribution in [0.3, 0.4) is 0 Å². The Hall–Kier alpha value is -2.35. The van der Waals surface area contributed by atoms with E-state index in [-0.39, 0.29) is 0 Å². The van der Waals surface area contributed by atoms with Gasteiger partial charge in [-0.3, -0.25) is 4.98 Å². The van der Waals surface area contributed by atoms with Crippen molar-refractivity contribution in [2.75, 3.05) is 0 Å². The molecule has 2 aromatic rings. The molecule has 2 nitrogen and oxygen atoms in total. The standard InChI is InChI=1S/C17H15NO/c1-3-15-8-6-13-11-14(7-9-16(13)19-15)17-12(2)5-4-10-18-17/h3-5,7-11H,1,6H2,2H3. The molecule has 1 aromatic heterocycles. The lowest BCUT2D eigenvalue weighted by Crippen LogP contribution is -2.03. The third-order valence-electron chi connectivity index (χ3n) is 3.30. The van der Waals surface area contributed by atoms with E-state index in [1.165, 1.54) is 11.1 Å². The molecule has 0 fully saturated rings. The lowest BCUT2D eigenvalue weighted by Gasteiger charge is -2.17. The lowest BCUT2D eigenvalue weighted by atomic mass is 10.0. The Morgan fingerprint density at radius 1 is 1.32 bits per heavy atom. The van der Waals surface area contributed by atoms with Crippen LogP contribution < -0.4 is 4.74 Å². The van der Waals surface area contributed by atoms with E-state index in [1.807, 2.05) is 24.4 Å². The largest absolute Gasteiger partial charge is 0.457 e. The van der Waals surface area contributed by atoms with Crippen molar-refractivity contribution in [3.05, 3.63) is 72.1 Å². The SMILES string of the molecule is C=CC1=CCc2cc(-c3ncccc3C)ccc2O1. The molecule has 94 valence electrons. The fourth-order valence-corrected chi connectivity index (χ4v) is 2.28. The number of ether oxygens (including phenoxy) is 1. The van der Waals surface area contributed by atoms with Crippen LogP contribution in [-0.2, 0) is 6.42 Å². The second-order valence-electron chi connectivity index (χ2n) is 4.61. The Morgan fingerprint density at radius 2 is 2.21 bits per heavy atom. The topological polar surface area (TPSA) is 22.1 Å². The predicted molar refractivity (Wildman–Crippen MR) is 77.0 cm³/mol. The normalized spacial score (nSPS) is 13.2. The van der Waals surface area contributed by atoms with E-state index in [0.717, 1.165) is 29.2 Å². The van der Waals surface area contributed by atoms with Crippen molar-refractivity contribution in [2.24, 2.45) is 0 Å². The van der Waals surface area contributed by atoms with Gasteiger partial charge in [0.1, 0.15) is 11.5 Å². The molecule has 0 atom stereocenters. The van der Waals surface area contributed by atoms with Gasteiger partial charge in [0, 0.05) is 11.8 Å². The number of fused-ring (bicyclic) bond motifs is 1. The highest BCUT2D eigenvalue weighted by atomic mass is 16.5. The van der Waals surface area contributed by atoms with Gasteiger partial charge in [-0.05, 0) is 60.9 Å². The van der Waals surface area contributed by atoms with Crippen molar-refractivity contribution < 1.29 is 4.74 Å². The second-order valence-corrected chi connectivity index (χ2v) is 4.61. The molecule has 1 aliphatic rings. The number of benzene rings is 1. The number of allylic oxidation sites excluding steroid dienone is 2. The van der Waals surface area contributed by atoms with E-state index < -0.39 is 0 Å². The number of aromatic nitrogens is 1. The maximum absolute atomic E-state index is 5.72. The van der Waals surface area contributed by atoms with Crippen LogP contribution in [0.1, 0.15) is 11.1 Å². The van der Waals surface area contributed by atoms with Gasteiger partial charge < -0.3 is 4.74 Å². The minimum Gasteiger partial charge on any atom is -0.457 e. The summed E-state index contributed by atoms with van der Waals surface area (Å²) in [5, 5.41) is 0. The first kappa shape index (κ1) is 11.7. The van der Waals surface area contributed by atoms with Crippen LogP contribution in [0.15, 0.2) is 61.0 Å². The van der Waals surface area contributed by atoms with Crippen LogP contribution in [0.5, 0.6) is 5.75 Å². The van der Waals surface area contributed by atoms with Gasteiger partial charge in [0.2, 0.25) is 0 Å². The molecule has 0 saturated heterocycles. The summed E-state index contributed by atoms with van der Waals surface area (Å²) in [6, 6.07) is 10.3. The Bertz CT molecular complexity index is 671. The number of aryl methyl sites for hydroxylation is 1. The van der Waals surface area contributed by atoms with E-state index >= 15 is 0 Å². The van der Waals surface area contributed by atoms with Crippen molar-refractivity contribution in [2.45, 2.75) is 13.3 Å². The fourth-order valence-electron chi connectivity index (χ4n) is 2.28. The van der Waals surface area contributed by atoms with Gasteiger partial charge in [-0.1, -0.05) is 12.6 Å². The quantitative estimate of drug-likeness (QED) is 0.800. The molecule has 0 bridgehead atoms. The second kappa shape index (κ2) is 4.73. The molecular weight excluding hydrogens is 234 g/mol. The number of pyridine rings is 1. The summed E-state index contributed by atoms with van der Waals surface area (Å²) in [6.07, 6.45) is 6.48. The summed E-state index contributed by atoms with van der Waals surface area (Å²) in [5.41, 5.74) is 4.54. The average Bonchev–Trinajstić information content (AvgIpc) is 2.46. The number of hydrogen-bond acceptors (Lipinski definition) is 2. The highest BCUT2D eigenvalue weighted by Crippen LogP contribution is 2.31. The summed E-state index contributed by atoms with van der Waals surface area (Å²) < 4.78 is 5.72. The zero-order chi connectivity index (χ0) is 13.2. The third kappa shape index (κ3) is 2.17. The molecule has 0 spiro atoms. The van der Waals surface area contributed by atoms with Crippen molar-refractivity contribution in [1.82, 2.24) is 4.98 Å². The molecule has 3 rings (SSSR count). The first-order valence-corrected chi connectivity index (χ1v) is 6.33. The first-order chi connectivity index (χ1) is 9.28. The summed E-state index contributed by atoms with van der Waals surface area (Å²) in [6.45, 7) is 5.81.